The van der Waals surface area contributed by atoms with Gasteiger partial charge in [0.1, 0.15) is 5.76 Å². The molecule has 2 unspecified atom stereocenters. The molecule has 1 aromatic heterocycles. The topological polar surface area (TPSA) is 58.4 Å². The summed E-state index contributed by atoms with van der Waals surface area (Å²) < 4.78 is 5.12. The lowest BCUT2D eigenvalue weighted by molar-refractivity contribution is -0.121. The molecule has 2 saturated heterocycles. The first-order valence-corrected chi connectivity index (χ1v) is 7.12. The first-order valence-electron chi connectivity index (χ1n) is 7.12. The van der Waals surface area contributed by atoms with Crippen molar-refractivity contribution in [3.8, 4) is 0 Å². The quantitative estimate of drug-likeness (QED) is 0.874. The van der Waals surface area contributed by atoms with Crippen molar-refractivity contribution in [1.82, 2.24) is 15.4 Å². The summed E-state index contributed by atoms with van der Waals surface area (Å²) in [5.74, 6) is 2.31. The molecule has 2 fully saturated rings. The summed E-state index contributed by atoms with van der Waals surface area (Å²) in [6.45, 7) is 5.75. The van der Waals surface area contributed by atoms with E-state index in [1.807, 2.05) is 13.0 Å². The Morgan fingerprint density at radius 3 is 3.16 bits per heavy atom. The maximum Gasteiger partial charge on any atom is 0.220 e. The van der Waals surface area contributed by atoms with E-state index in [2.05, 4.69) is 15.4 Å². The average molecular weight is 263 g/mol. The third-order valence-corrected chi connectivity index (χ3v) is 4.32. The maximum atomic E-state index is 11.6. The van der Waals surface area contributed by atoms with Gasteiger partial charge < -0.3 is 9.84 Å². The van der Waals surface area contributed by atoms with Crippen LogP contribution in [0.4, 0.5) is 0 Å². The van der Waals surface area contributed by atoms with Gasteiger partial charge in [-0.3, -0.25) is 9.69 Å². The number of aryl methyl sites for hydroxylation is 1. The van der Waals surface area contributed by atoms with Crippen LogP contribution in [0.3, 0.4) is 0 Å². The minimum atomic E-state index is 0.230. The van der Waals surface area contributed by atoms with Crippen molar-refractivity contribution in [2.24, 2.45) is 11.8 Å². The second-order valence-corrected chi connectivity index (χ2v) is 5.82. The van der Waals surface area contributed by atoms with Crippen LogP contribution in [0.1, 0.15) is 30.7 Å². The molecule has 0 aromatic carbocycles. The Morgan fingerprint density at radius 1 is 1.47 bits per heavy atom. The predicted octanol–water partition coefficient (Wildman–Crippen LogP) is 1.33. The highest BCUT2D eigenvalue weighted by atomic mass is 16.5. The third-order valence-electron chi connectivity index (χ3n) is 4.32. The summed E-state index contributed by atoms with van der Waals surface area (Å²) in [6, 6.07) is 2.00. The molecule has 0 aliphatic carbocycles. The van der Waals surface area contributed by atoms with Crippen molar-refractivity contribution >= 4 is 5.91 Å². The molecule has 2 aliphatic heterocycles. The highest BCUT2D eigenvalue weighted by Gasteiger charge is 2.32. The van der Waals surface area contributed by atoms with Crippen LogP contribution in [-0.2, 0) is 11.3 Å². The molecule has 2 aliphatic rings. The summed E-state index contributed by atoms with van der Waals surface area (Å²) in [5, 5.41) is 7.05. The van der Waals surface area contributed by atoms with Gasteiger partial charge in [0.25, 0.3) is 0 Å². The molecule has 3 rings (SSSR count). The lowest BCUT2D eigenvalue weighted by atomic mass is 9.82. The number of nitrogens with zero attached hydrogens (tertiary/aromatic N) is 2. The Balaban J connectivity index is 1.60. The van der Waals surface area contributed by atoms with Crippen LogP contribution in [0.15, 0.2) is 10.6 Å². The van der Waals surface area contributed by atoms with Gasteiger partial charge >= 0.3 is 0 Å². The molecule has 0 radical (unpaired) electrons. The van der Waals surface area contributed by atoms with E-state index in [4.69, 9.17) is 4.52 Å². The van der Waals surface area contributed by atoms with Crippen LogP contribution in [0, 0.1) is 18.8 Å². The van der Waals surface area contributed by atoms with E-state index < -0.39 is 0 Å². The number of hydrogen-bond acceptors (Lipinski definition) is 4. The van der Waals surface area contributed by atoms with Crippen molar-refractivity contribution in [3.63, 3.8) is 0 Å². The zero-order chi connectivity index (χ0) is 13.2. The van der Waals surface area contributed by atoms with E-state index in [-0.39, 0.29) is 5.91 Å². The van der Waals surface area contributed by atoms with Crippen LogP contribution in [0.2, 0.25) is 0 Å². The maximum absolute atomic E-state index is 11.6. The van der Waals surface area contributed by atoms with Gasteiger partial charge in [-0.2, -0.15) is 0 Å². The van der Waals surface area contributed by atoms with Gasteiger partial charge in [0.05, 0.1) is 5.69 Å². The van der Waals surface area contributed by atoms with Crippen LogP contribution in [-0.4, -0.2) is 35.6 Å². The van der Waals surface area contributed by atoms with Gasteiger partial charge in [-0.05, 0) is 38.1 Å². The Bertz CT molecular complexity index is 457. The number of nitrogens with one attached hydrogen (secondary N) is 1. The number of piperidine rings is 1. The molecule has 1 N–H and O–H groups in total. The van der Waals surface area contributed by atoms with Crippen LogP contribution >= 0.6 is 0 Å². The van der Waals surface area contributed by atoms with Gasteiger partial charge in [0, 0.05) is 32.1 Å². The Labute approximate surface area is 113 Å². The zero-order valence-corrected chi connectivity index (χ0v) is 11.4. The summed E-state index contributed by atoms with van der Waals surface area (Å²) in [5.41, 5.74) is 1.01. The average Bonchev–Trinajstić information content (AvgIpc) is 2.68. The van der Waals surface area contributed by atoms with Crippen molar-refractivity contribution in [3.05, 3.63) is 17.5 Å². The molecule has 5 nitrogen and oxygen atoms in total. The number of amides is 1. The van der Waals surface area contributed by atoms with Crippen molar-refractivity contribution < 1.29 is 9.32 Å². The highest BCUT2D eigenvalue weighted by molar-refractivity contribution is 5.76. The molecular formula is C14H21N3O2. The van der Waals surface area contributed by atoms with Gasteiger partial charge in [-0.1, -0.05) is 5.16 Å². The van der Waals surface area contributed by atoms with E-state index in [9.17, 15) is 4.79 Å². The van der Waals surface area contributed by atoms with Crippen LogP contribution < -0.4 is 5.32 Å². The van der Waals surface area contributed by atoms with E-state index in [0.29, 0.717) is 18.3 Å². The normalized spacial score (nSPS) is 28.6. The third kappa shape index (κ3) is 2.97. The highest BCUT2D eigenvalue weighted by Crippen LogP contribution is 2.30. The molecule has 0 saturated carbocycles. The molecule has 1 amide bonds. The van der Waals surface area contributed by atoms with Gasteiger partial charge in [0.2, 0.25) is 5.91 Å². The Morgan fingerprint density at radius 2 is 2.37 bits per heavy atom. The van der Waals surface area contributed by atoms with Crippen molar-refractivity contribution in [1.29, 1.82) is 0 Å². The largest absolute Gasteiger partial charge is 0.361 e. The second-order valence-electron chi connectivity index (χ2n) is 5.82. The smallest absolute Gasteiger partial charge is 0.220 e. The van der Waals surface area contributed by atoms with E-state index in [1.54, 1.807) is 0 Å². The number of hydrogen-bond donors (Lipinski definition) is 1. The molecule has 19 heavy (non-hydrogen) atoms. The summed E-state index contributed by atoms with van der Waals surface area (Å²) in [4.78, 5) is 14.0. The predicted molar refractivity (Wildman–Crippen MR) is 70.4 cm³/mol. The number of carbonyl (C=O) groups is 1. The molecule has 104 valence electrons. The first kappa shape index (κ1) is 12.7. The molecule has 0 spiro atoms. The first-order chi connectivity index (χ1) is 9.20. The van der Waals surface area contributed by atoms with Crippen molar-refractivity contribution in [2.75, 3.05) is 19.6 Å². The number of likely N-dealkylation sites (tertiary alicyclic amines) is 1. The fraction of sp³-hybridized carbons (Fsp3) is 0.714. The zero-order valence-electron chi connectivity index (χ0n) is 11.4. The van der Waals surface area contributed by atoms with Crippen LogP contribution in [0.25, 0.3) is 0 Å². The molecular weight excluding hydrogens is 242 g/mol. The number of fused-ring (bicyclic) bond motifs is 1. The minimum absolute atomic E-state index is 0.230. The number of aromatic nitrogens is 1. The minimum Gasteiger partial charge on any atom is -0.361 e. The Kier molecular flexibility index (Phi) is 3.55. The molecule has 1 aromatic rings. The van der Waals surface area contributed by atoms with Gasteiger partial charge in [-0.15, -0.1) is 0 Å². The summed E-state index contributed by atoms with van der Waals surface area (Å²) in [7, 11) is 0. The molecule has 3 heterocycles. The fourth-order valence-corrected chi connectivity index (χ4v) is 3.32. The monoisotopic (exact) mass is 263 g/mol. The number of carbonyl (C=O) groups excluding carboxylic acids is 1. The van der Waals surface area contributed by atoms with Gasteiger partial charge in [-0.25, -0.2) is 0 Å². The molecule has 0 bridgehead atoms. The molecule has 5 heteroatoms. The van der Waals surface area contributed by atoms with E-state index >= 15 is 0 Å². The number of rotatable bonds is 2. The Hall–Kier alpha value is -1.36. The summed E-state index contributed by atoms with van der Waals surface area (Å²) >= 11 is 0. The van der Waals surface area contributed by atoms with E-state index in [1.165, 1.54) is 0 Å². The summed E-state index contributed by atoms with van der Waals surface area (Å²) in [6.07, 6.45) is 2.93. The fourth-order valence-electron chi connectivity index (χ4n) is 3.32. The van der Waals surface area contributed by atoms with Gasteiger partial charge in [0.15, 0.2) is 0 Å². The second kappa shape index (κ2) is 5.33. The lowest BCUT2D eigenvalue weighted by Gasteiger charge is -2.36. The molecule has 2 atom stereocenters. The SMILES string of the molecule is Cc1cc(CN2CCC3CC(=O)NCCC3C2)no1. The van der Waals surface area contributed by atoms with Crippen LogP contribution in [0.5, 0.6) is 0 Å². The van der Waals surface area contributed by atoms with Crippen molar-refractivity contribution in [2.45, 2.75) is 32.7 Å². The standard InChI is InChI=1S/C14H21N3O2/c1-10-6-13(16-19-10)9-17-5-3-11-7-14(18)15-4-2-12(11)8-17/h6,11-12H,2-5,7-9H2,1H3,(H,15,18). The van der Waals surface area contributed by atoms with E-state index in [0.717, 1.165) is 50.5 Å². The lowest BCUT2D eigenvalue weighted by Crippen LogP contribution is -2.40.